The average molecular weight is 217 g/mol. The summed E-state index contributed by atoms with van der Waals surface area (Å²) in [5, 5.41) is 14.8. The van der Waals surface area contributed by atoms with Gasteiger partial charge in [0.25, 0.3) is 0 Å². The first-order valence-electron chi connectivity index (χ1n) is 5.93. The Morgan fingerprint density at radius 3 is 2.81 bits per heavy atom. The Labute approximate surface area is 94.1 Å². The molecular weight excluding hydrogens is 202 g/mol. The topological polar surface area (TPSA) is 46.3 Å². The molecule has 0 bridgehead atoms. The number of phenolic OH excluding ortho intramolecular Hbond substituents is 1. The van der Waals surface area contributed by atoms with Crippen molar-refractivity contribution in [2.75, 3.05) is 0 Å². The van der Waals surface area contributed by atoms with E-state index in [1.165, 1.54) is 32.1 Å². The van der Waals surface area contributed by atoms with E-state index in [1.807, 2.05) is 12.1 Å². The first-order valence-corrected chi connectivity index (χ1v) is 5.93. The number of benzene rings is 1. The number of rotatable bonds is 1. The zero-order valence-corrected chi connectivity index (χ0v) is 9.15. The molecule has 3 nitrogen and oxygen atoms in total. The van der Waals surface area contributed by atoms with Crippen LogP contribution in [0.4, 0.5) is 0 Å². The third-order valence-corrected chi connectivity index (χ3v) is 3.50. The highest BCUT2D eigenvalue weighted by atomic mass is 16.5. The molecule has 2 aromatic rings. The van der Waals surface area contributed by atoms with Crippen molar-refractivity contribution < 1.29 is 9.63 Å². The highest BCUT2D eigenvalue weighted by Gasteiger charge is 2.22. The summed E-state index contributed by atoms with van der Waals surface area (Å²) in [6, 6.07) is 5.47. The monoisotopic (exact) mass is 217 g/mol. The summed E-state index contributed by atoms with van der Waals surface area (Å²) in [5.41, 5.74) is 1.56. The van der Waals surface area contributed by atoms with Gasteiger partial charge < -0.3 is 9.63 Å². The van der Waals surface area contributed by atoms with Crippen LogP contribution in [0.1, 0.15) is 43.7 Å². The normalized spacial score (nSPS) is 18.0. The first-order chi connectivity index (χ1) is 7.86. The molecule has 0 aliphatic heterocycles. The van der Waals surface area contributed by atoms with Crippen molar-refractivity contribution >= 4 is 11.0 Å². The maximum atomic E-state index is 9.65. The molecule has 0 amide bonds. The van der Waals surface area contributed by atoms with E-state index >= 15 is 0 Å². The molecule has 0 radical (unpaired) electrons. The van der Waals surface area contributed by atoms with Gasteiger partial charge in [-0.05, 0) is 25.0 Å². The minimum absolute atomic E-state index is 0.187. The van der Waals surface area contributed by atoms with Gasteiger partial charge in [0.05, 0.1) is 5.69 Å². The van der Waals surface area contributed by atoms with E-state index in [2.05, 4.69) is 5.16 Å². The number of hydrogen-bond donors (Lipinski definition) is 1. The lowest BCUT2D eigenvalue weighted by atomic mass is 9.86. The van der Waals surface area contributed by atoms with Crippen LogP contribution in [-0.4, -0.2) is 10.3 Å². The van der Waals surface area contributed by atoms with Gasteiger partial charge in [-0.25, -0.2) is 0 Å². The van der Waals surface area contributed by atoms with E-state index in [0.717, 1.165) is 11.1 Å². The summed E-state index contributed by atoms with van der Waals surface area (Å²) in [6.45, 7) is 0. The molecule has 3 heteroatoms. The lowest BCUT2D eigenvalue weighted by molar-refractivity contribution is 0.387. The first kappa shape index (κ1) is 9.70. The molecule has 1 aliphatic rings. The highest BCUT2D eigenvalue weighted by Crippen LogP contribution is 2.37. The molecule has 0 unspecified atom stereocenters. The molecule has 1 aliphatic carbocycles. The van der Waals surface area contributed by atoms with Crippen molar-refractivity contribution in [1.82, 2.24) is 5.16 Å². The average Bonchev–Trinajstić information content (AvgIpc) is 2.75. The van der Waals surface area contributed by atoms with Crippen molar-refractivity contribution in [3.05, 3.63) is 23.9 Å². The summed E-state index contributed by atoms with van der Waals surface area (Å²) >= 11 is 0. The number of phenols is 1. The van der Waals surface area contributed by atoms with Gasteiger partial charge in [0.2, 0.25) is 5.58 Å². The number of hydrogen-bond acceptors (Lipinski definition) is 3. The molecule has 1 N–H and O–H groups in total. The van der Waals surface area contributed by atoms with E-state index < -0.39 is 0 Å². The molecule has 1 saturated carbocycles. The van der Waals surface area contributed by atoms with Gasteiger partial charge in [-0.1, -0.05) is 30.5 Å². The highest BCUT2D eigenvalue weighted by molar-refractivity contribution is 5.84. The lowest BCUT2D eigenvalue weighted by Gasteiger charge is -2.19. The van der Waals surface area contributed by atoms with Gasteiger partial charge in [-0.2, -0.15) is 0 Å². The number of nitrogens with zero attached hydrogens (tertiary/aromatic N) is 1. The summed E-state index contributed by atoms with van der Waals surface area (Å²) in [6.07, 6.45) is 6.27. The predicted molar refractivity (Wildman–Crippen MR) is 61.5 cm³/mol. The fourth-order valence-corrected chi connectivity index (χ4v) is 2.64. The van der Waals surface area contributed by atoms with Crippen molar-refractivity contribution in [3.63, 3.8) is 0 Å². The van der Waals surface area contributed by atoms with Crippen LogP contribution in [0.3, 0.4) is 0 Å². The Morgan fingerprint density at radius 2 is 2.00 bits per heavy atom. The fourth-order valence-electron chi connectivity index (χ4n) is 2.64. The maximum Gasteiger partial charge on any atom is 0.208 e. The molecular formula is C13H15NO2. The Morgan fingerprint density at radius 1 is 1.19 bits per heavy atom. The second kappa shape index (κ2) is 3.81. The lowest BCUT2D eigenvalue weighted by Crippen LogP contribution is -2.04. The Hall–Kier alpha value is -1.51. The minimum Gasteiger partial charge on any atom is -0.504 e. The minimum atomic E-state index is 0.187. The van der Waals surface area contributed by atoms with E-state index in [0.29, 0.717) is 11.5 Å². The Bertz CT molecular complexity index is 498. The van der Waals surface area contributed by atoms with E-state index in [-0.39, 0.29) is 5.75 Å². The molecule has 16 heavy (non-hydrogen) atoms. The Kier molecular flexibility index (Phi) is 2.31. The Balaban J connectivity index is 2.06. The maximum absolute atomic E-state index is 9.65. The molecule has 0 spiro atoms. The van der Waals surface area contributed by atoms with Gasteiger partial charge >= 0.3 is 0 Å². The molecule has 0 saturated heterocycles. The van der Waals surface area contributed by atoms with Gasteiger partial charge in [-0.15, -0.1) is 0 Å². The van der Waals surface area contributed by atoms with E-state index in [1.54, 1.807) is 6.07 Å². The van der Waals surface area contributed by atoms with Crippen LogP contribution in [0.5, 0.6) is 5.75 Å². The van der Waals surface area contributed by atoms with E-state index in [9.17, 15) is 5.11 Å². The van der Waals surface area contributed by atoms with Gasteiger partial charge in [0, 0.05) is 11.3 Å². The molecule has 0 atom stereocenters. The quantitative estimate of drug-likeness (QED) is 0.794. The smallest absolute Gasteiger partial charge is 0.208 e. The fraction of sp³-hybridized carbons (Fsp3) is 0.462. The summed E-state index contributed by atoms with van der Waals surface area (Å²) in [4.78, 5) is 0. The van der Waals surface area contributed by atoms with Crippen LogP contribution in [0, 0.1) is 0 Å². The molecule has 3 rings (SSSR count). The van der Waals surface area contributed by atoms with Gasteiger partial charge in [0.15, 0.2) is 5.75 Å². The molecule has 1 fully saturated rings. The standard InChI is InChI=1S/C13H15NO2/c15-11-8-4-7-10-12(14-16-13(10)11)9-5-2-1-3-6-9/h4,7-9,15H,1-3,5-6H2. The molecule has 1 heterocycles. The number of para-hydroxylation sites is 1. The van der Waals surface area contributed by atoms with Crippen LogP contribution in [0.2, 0.25) is 0 Å². The van der Waals surface area contributed by atoms with Crippen LogP contribution >= 0.6 is 0 Å². The SMILES string of the molecule is Oc1cccc2c(C3CCCCC3)noc12. The zero-order valence-electron chi connectivity index (χ0n) is 9.15. The van der Waals surface area contributed by atoms with Gasteiger partial charge in [-0.3, -0.25) is 0 Å². The summed E-state index contributed by atoms with van der Waals surface area (Å²) in [5.74, 6) is 0.698. The largest absolute Gasteiger partial charge is 0.504 e. The van der Waals surface area contributed by atoms with Crippen LogP contribution < -0.4 is 0 Å². The second-order valence-electron chi connectivity index (χ2n) is 4.56. The molecule has 84 valence electrons. The van der Waals surface area contributed by atoms with Crippen molar-refractivity contribution in [2.24, 2.45) is 0 Å². The van der Waals surface area contributed by atoms with Crippen molar-refractivity contribution in [1.29, 1.82) is 0 Å². The number of fused-ring (bicyclic) bond motifs is 1. The summed E-state index contributed by atoms with van der Waals surface area (Å²) < 4.78 is 5.23. The zero-order chi connectivity index (χ0) is 11.0. The predicted octanol–water partition coefficient (Wildman–Crippen LogP) is 3.58. The third kappa shape index (κ3) is 1.47. The summed E-state index contributed by atoms with van der Waals surface area (Å²) in [7, 11) is 0. The second-order valence-corrected chi connectivity index (χ2v) is 4.56. The molecule has 1 aromatic carbocycles. The van der Waals surface area contributed by atoms with E-state index in [4.69, 9.17) is 4.52 Å². The van der Waals surface area contributed by atoms with Crippen LogP contribution in [0.15, 0.2) is 22.7 Å². The van der Waals surface area contributed by atoms with Gasteiger partial charge in [0.1, 0.15) is 0 Å². The van der Waals surface area contributed by atoms with Crippen LogP contribution in [-0.2, 0) is 0 Å². The third-order valence-electron chi connectivity index (χ3n) is 3.50. The van der Waals surface area contributed by atoms with Crippen molar-refractivity contribution in [3.8, 4) is 5.75 Å². The van der Waals surface area contributed by atoms with Crippen LogP contribution in [0.25, 0.3) is 11.0 Å². The number of aromatic hydroxyl groups is 1. The molecule has 1 aromatic heterocycles. The number of aromatic nitrogens is 1. The van der Waals surface area contributed by atoms with Crippen molar-refractivity contribution in [2.45, 2.75) is 38.0 Å².